The lowest BCUT2D eigenvalue weighted by molar-refractivity contribution is 0.00578. The Morgan fingerprint density at radius 3 is 2.12 bits per heavy atom. The fourth-order valence-electron chi connectivity index (χ4n) is 3.41. The number of nitrogens with zero attached hydrogens (tertiary/aromatic N) is 2. The van der Waals surface area contributed by atoms with E-state index in [-0.39, 0.29) is 17.8 Å². The molecule has 2 heterocycles. The van der Waals surface area contributed by atoms with Crippen LogP contribution in [0.1, 0.15) is 53.4 Å². The van der Waals surface area contributed by atoms with Crippen LogP contribution < -0.4 is 16.1 Å². The number of aliphatic hydroxyl groups excluding tert-OH is 1. The highest BCUT2D eigenvalue weighted by atomic mass is 16.7. The van der Waals surface area contributed by atoms with Crippen LogP contribution in [0.5, 0.6) is 0 Å². The second-order valence-corrected chi connectivity index (χ2v) is 8.30. The topological polar surface area (TPSA) is 88.5 Å². The minimum Gasteiger partial charge on any atom is -0.399 e. The van der Waals surface area contributed by atoms with Crippen LogP contribution in [0.25, 0.3) is 0 Å². The van der Waals surface area contributed by atoms with Crippen LogP contribution in [-0.4, -0.2) is 58.6 Å². The largest absolute Gasteiger partial charge is 0.498 e. The average Bonchev–Trinajstić information content (AvgIpc) is 2.83. The van der Waals surface area contributed by atoms with E-state index in [2.05, 4.69) is 20.6 Å². The Bertz CT molecular complexity index is 573. The molecule has 26 heavy (non-hydrogen) atoms. The summed E-state index contributed by atoms with van der Waals surface area (Å²) in [5.41, 5.74) is 0.111. The normalized spacial score (nSPS) is 27.5. The highest BCUT2D eigenvalue weighted by Gasteiger charge is 2.51. The predicted molar refractivity (Wildman–Crippen MR) is 103 cm³/mol. The van der Waals surface area contributed by atoms with Crippen LogP contribution in [0.4, 0.5) is 5.95 Å². The molecule has 3 rings (SSSR count). The molecule has 0 bridgehead atoms. The molecule has 0 radical (unpaired) electrons. The van der Waals surface area contributed by atoms with Crippen molar-refractivity contribution in [2.24, 2.45) is 0 Å². The molecule has 1 aromatic rings. The van der Waals surface area contributed by atoms with Crippen LogP contribution >= 0.6 is 0 Å². The van der Waals surface area contributed by atoms with E-state index in [1.165, 1.54) is 0 Å². The molecule has 3 N–H and O–H groups in total. The van der Waals surface area contributed by atoms with Crippen molar-refractivity contribution in [2.75, 3.05) is 18.5 Å². The molecule has 8 heteroatoms. The molecule has 0 unspecified atom stereocenters. The molecule has 144 valence electrons. The summed E-state index contributed by atoms with van der Waals surface area (Å²) in [7, 11) is -0.429. The van der Waals surface area contributed by atoms with Crippen molar-refractivity contribution in [1.29, 1.82) is 0 Å². The zero-order valence-corrected chi connectivity index (χ0v) is 16.3. The maximum absolute atomic E-state index is 8.89. The summed E-state index contributed by atoms with van der Waals surface area (Å²) in [6.07, 6.45) is 7.92. The van der Waals surface area contributed by atoms with Gasteiger partial charge in [-0.05, 0) is 53.4 Å². The molecular formula is C18H31BN4O3. The van der Waals surface area contributed by atoms with E-state index in [0.717, 1.165) is 31.1 Å². The van der Waals surface area contributed by atoms with Gasteiger partial charge in [0.25, 0.3) is 0 Å². The predicted octanol–water partition coefficient (Wildman–Crippen LogP) is 1.08. The van der Waals surface area contributed by atoms with Gasteiger partial charge in [0.1, 0.15) is 0 Å². The van der Waals surface area contributed by atoms with Crippen LogP contribution in [0.3, 0.4) is 0 Å². The standard InChI is InChI=1S/C18H31BN4O3/c1-17(2)18(3,4)26-19(25-17)13-11-21-16(22-12-13)23-15-7-5-14(6-8-15)20-9-10-24/h11-12,14-15,20,24H,5-10H2,1-4H3,(H,21,22,23). The van der Waals surface area contributed by atoms with Crippen LogP contribution in [0.15, 0.2) is 12.4 Å². The third-order valence-electron chi connectivity index (χ3n) is 5.80. The summed E-state index contributed by atoms with van der Waals surface area (Å²) in [5, 5.41) is 15.7. The van der Waals surface area contributed by atoms with Crippen LogP contribution in [0, 0.1) is 0 Å². The molecule has 1 aromatic heterocycles. The first-order valence-corrected chi connectivity index (χ1v) is 9.59. The lowest BCUT2D eigenvalue weighted by Crippen LogP contribution is -2.41. The second-order valence-electron chi connectivity index (χ2n) is 8.30. The summed E-state index contributed by atoms with van der Waals surface area (Å²) >= 11 is 0. The summed E-state index contributed by atoms with van der Waals surface area (Å²) in [4.78, 5) is 8.90. The van der Waals surface area contributed by atoms with Gasteiger partial charge in [0.05, 0.1) is 17.8 Å². The van der Waals surface area contributed by atoms with Crippen molar-refractivity contribution in [3.05, 3.63) is 12.4 Å². The molecule has 1 aliphatic carbocycles. The molecule has 7 nitrogen and oxygen atoms in total. The average molecular weight is 362 g/mol. The van der Waals surface area contributed by atoms with Gasteiger partial charge in [0.15, 0.2) is 0 Å². The Morgan fingerprint density at radius 2 is 1.58 bits per heavy atom. The summed E-state index contributed by atoms with van der Waals surface area (Å²) < 4.78 is 12.1. The van der Waals surface area contributed by atoms with Gasteiger partial charge in [-0.1, -0.05) is 0 Å². The number of hydrogen-bond acceptors (Lipinski definition) is 7. The van der Waals surface area contributed by atoms with Crippen molar-refractivity contribution in [1.82, 2.24) is 15.3 Å². The maximum Gasteiger partial charge on any atom is 0.498 e. The first-order chi connectivity index (χ1) is 12.3. The Hall–Kier alpha value is -1.22. The quantitative estimate of drug-likeness (QED) is 0.653. The molecular weight excluding hydrogens is 331 g/mol. The maximum atomic E-state index is 8.89. The van der Waals surface area contributed by atoms with E-state index >= 15 is 0 Å². The molecule has 0 spiro atoms. The molecule has 1 saturated carbocycles. The minimum atomic E-state index is -0.429. The minimum absolute atomic E-state index is 0.196. The summed E-state index contributed by atoms with van der Waals surface area (Å²) in [6.45, 7) is 9.02. The van der Waals surface area contributed by atoms with E-state index < -0.39 is 7.12 Å². The highest BCUT2D eigenvalue weighted by Crippen LogP contribution is 2.36. The SMILES string of the molecule is CC1(C)OB(c2cnc(NC3CCC(NCCO)CC3)nc2)OC1(C)C. The van der Waals surface area contributed by atoms with Gasteiger partial charge in [0.2, 0.25) is 5.95 Å². The smallest absolute Gasteiger partial charge is 0.399 e. The van der Waals surface area contributed by atoms with Crippen molar-refractivity contribution >= 4 is 18.5 Å². The number of anilines is 1. The van der Waals surface area contributed by atoms with Gasteiger partial charge < -0.3 is 25.0 Å². The van der Waals surface area contributed by atoms with Gasteiger partial charge >= 0.3 is 7.12 Å². The first-order valence-electron chi connectivity index (χ1n) is 9.59. The van der Waals surface area contributed by atoms with E-state index in [0.29, 0.717) is 24.6 Å². The highest BCUT2D eigenvalue weighted by molar-refractivity contribution is 6.61. The van der Waals surface area contributed by atoms with Crippen molar-refractivity contribution in [3.8, 4) is 0 Å². The molecule has 1 saturated heterocycles. The van der Waals surface area contributed by atoms with E-state index in [1.807, 2.05) is 27.7 Å². The van der Waals surface area contributed by atoms with Crippen LogP contribution in [-0.2, 0) is 9.31 Å². The number of nitrogens with one attached hydrogen (secondary N) is 2. The van der Waals surface area contributed by atoms with Gasteiger partial charge in [-0.15, -0.1) is 0 Å². The van der Waals surface area contributed by atoms with Crippen LogP contribution in [0.2, 0.25) is 0 Å². The van der Waals surface area contributed by atoms with Gasteiger partial charge in [-0.25, -0.2) is 9.97 Å². The lowest BCUT2D eigenvalue weighted by atomic mass is 9.81. The van der Waals surface area contributed by atoms with E-state index in [9.17, 15) is 0 Å². The summed E-state index contributed by atoms with van der Waals surface area (Å²) in [6, 6.07) is 0.900. The monoisotopic (exact) mass is 362 g/mol. The van der Waals surface area contributed by atoms with E-state index in [1.54, 1.807) is 12.4 Å². The second kappa shape index (κ2) is 7.80. The molecule has 1 aliphatic heterocycles. The van der Waals surface area contributed by atoms with E-state index in [4.69, 9.17) is 14.4 Å². The molecule has 2 aliphatic rings. The molecule has 0 atom stereocenters. The Balaban J connectivity index is 1.51. The fraction of sp³-hybridized carbons (Fsp3) is 0.778. The Labute approximate surface area is 156 Å². The van der Waals surface area contributed by atoms with Gasteiger partial charge in [-0.2, -0.15) is 0 Å². The van der Waals surface area contributed by atoms with Crippen molar-refractivity contribution in [2.45, 2.75) is 76.7 Å². The van der Waals surface area contributed by atoms with Crippen molar-refractivity contribution < 1.29 is 14.4 Å². The lowest BCUT2D eigenvalue weighted by Gasteiger charge is -2.32. The Morgan fingerprint density at radius 1 is 1.04 bits per heavy atom. The fourth-order valence-corrected chi connectivity index (χ4v) is 3.41. The zero-order chi connectivity index (χ0) is 18.8. The molecule has 2 fully saturated rings. The zero-order valence-electron chi connectivity index (χ0n) is 16.3. The third kappa shape index (κ3) is 4.36. The number of aliphatic hydroxyl groups is 1. The first kappa shape index (κ1) is 19.5. The van der Waals surface area contributed by atoms with Crippen molar-refractivity contribution in [3.63, 3.8) is 0 Å². The molecule has 0 amide bonds. The number of aromatic nitrogens is 2. The number of hydrogen-bond donors (Lipinski definition) is 3. The Kier molecular flexibility index (Phi) is 5.86. The molecule has 0 aromatic carbocycles. The number of rotatable bonds is 6. The third-order valence-corrected chi connectivity index (χ3v) is 5.80. The van der Waals surface area contributed by atoms with Gasteiger partial charge in [-0.3, -0.25) is 0 Å². The van der Waals surface area contributed by atoms with Gasteiger partial charge in [0, 0.05) is 36.5 Å². The summed E-state index contributed by atoms with van der Waals surface area (Å²) in [5.74, 6) is 0.650.